The quantitative estimate of drug-likeness (QED) is 0.151. The molecule has 4 aromatic rings. The van der Waals surface area contributed by atoms with Crippen LogP contribution in [0.15, 0.2) is 66.7 Å². The zero-order chi connectivity index (χ0) is 26.5. The Bertz CT molecular complexity index is 1610. The Balaban J connectivity index is 1.59. The fourth-order valence-corrected chi connectivity index (χ4v) is 3.66. The van der Waals surface area contributed by atoms with E-state index in [0.29, 0.717) is 34.7 Å². The molecule has 184 valence electrons. The molecule has 0 aliphatic rings. The maximum absolute atomic E-state index is 14.6. The van der Waals surface area contributed by atoms with Crippen LogP contribution in [0.5, 0.6) is 0 Å². The summed E-state index contributed by atoms with van der Waals surface area (Å²) < 4.78 is 84.8. The average Bonchev–Trinajstić information content (AvgIpc) is 2.84. The van der Waals surface area contributed by atoms with Crippen LogP contribution < -0.4 is 0 Å². The lowest BCUT2D eigenvalue weighted by atomic mass is 10.0. The van der Waals surface area contributed by atoms with Crippen LogP contribution in [0.2, 0.25) is 0 Å². The molecular weight excluding hydrogens is 486 g/mol. The lowest BCUT2D eigenvalue weighted by molar-refractivity contribution is 0.511. The second-order valence-corrected chi connectivity index (χ2v) is 8.19. The number of allylic oxidation sites excluding steroid dienone is 2. The molecule has 6 heteroatoms. The Labute approximate surface area is 210 Å². The molecule has 0 aliphatic carbocycles. The molecule has 0 aromatic heterocycles. The lowest BCUT2D eigenvalue weighted by Crippen LogP contribution is -1.96. The molecule has 0 heterocycles. The van der Waals surface area contributed by atoms with E-state index in [4.69, 9.17) is 0 Å². The number of aryl methyl sites for hydroxylation is 1. The van der Waals surface area contributed by atoms with Gasteiger partial charge >= 0.3 is 0 Å². The standard InChI is InChI=1S/C31H18F6/c1-2-3-4-5-20-13-26(32)25(27(33)14-20)11-8-21-15-28(34)24(29(35)16-21)10-7-19-6-9-22-17-30(36)31(37)18-23(22)12-19/h2-3,6,9,12-18H,4-5H2,1H3/b3-2+. The van der Waals surface area contributed by atoms with Crippen LogP contribution in [0.25, 0.3) is 10.8 Å². The summed E-state index contributed by atoms with van der Waals surface area (Å²) in [6.07, 6.45) is 4.82. The lowest BCUT2D eigenvalue weighted by Gasteiger charge is -2.03. The van der Waals surface area contributed by atoms with E-state index in [1.807, 2.05) is 19.1 Å². The molecule has 0 atom stereocenters. The van der Waals surface area contributed by atoms with Crippen molar-refractivity contribution in [2.24, 2.45) is 0 Å². The highest BCUT2D eigenvalue weighted by Crippen LogP contribution is 2.21. The van der Waals surface area contributed by atoms with E-state index < -0.39 is 46.0 Å². The second kappa shape index (κ2) is 11.1. The van der Waals surface area contributed by atoms with Crippen molar-refractivity contribution in [2.75, 3.05) is 0 Å². The molecule has 37 heavy (non-hydrogen) atoms. The van der Waals surface area contributed by atoms with Crippen molar-refractivity contribution in [3.8, 4) is 23.7 Å². The van der Waals surface area contributed by atoms with Gasteiger partial charge in [0.2, 0.25) is 0 Å². The van der Waals surface area contributed by atoms with Crippen molar-refractivity contribution < 1.29 is 26.3 Å². The molecule has 0 saturated carbocycles. The van der Waals surface area contributed by atoms with Gasteiger partial charge in [-0.1, -0.05) is 41.9 Å². The number of halogens is 6. The minimum atomic E-state index is -1.02. The van der Waals surface area contributed by atoms with E-state index >= 15 is 0 Å². The van der Waals surface area contributed by atoms with Crippen molar-refractivity contribution in [2.45, 2.75) is 19.8 Å². The van der Waals surface area contributed by atoms with Gasteiger partial charge in [-0.25, -0.2) is 26.3 Å². The molecule has 0 nitrogen and oxygen atoms in total. The summed E-state index contributed by atoms with van der Waals surface area (Å²) in [6.45, 7) is 1.85. The van der Waals surface area contributed by atoms with E-state index in [1.54, 1.807) is 0 Å². The van der Waals surface area contributed by atoms with Crippen LogP contribution in [0, 0.1) is 58.6 Å². The first-order valence-electron chi connectivity index (χ1n) is 11.3. The van der Waals surface area contributed by atoms with E-state index in [0.717, 1.165) is 24.3 Å². The van der Waals surface area contributed by atoms with Crippen LogP contribution in [0.4, 0.5) is 26.3 Å². The third-order valence-corrected chi connectivity index (χ3v) is 5.52. The molecule has 4 rings (SSSR count). The van der Waals surface area contributed by atoms with E-state index in [2.05, 4.69) is 23.7 Å². The third-order valence-electron chi connectivity index (χ3n) is 5.52. The number of hydrogen-bond donors (Lipinski definition) is 0. The highest BCUT2D eigenvalue weighted by atomic mass is 19.2. The van der Waals surface area contributed by atoms with E-state index in [9.17, 15) is 26.3 Å². The third kappa shape index (κ3) is 6.05. The van der Waals surface area contributed by atoms with Gasteiger partial charge in [0.05, 0.1) is 11.1 Å². The molecule has 0 N–H and O–H groups in total. The smallest absolute Gasteiger partial charge is 0.159 e. The summed E-state index contributed by atoms with van der Waals surface area (Å²) in [5.41, 5.74) is -0.339. The van der Waals surface area contributed by atoms with Gasteiger partial charge in [-0.05, 0) is 84.6 Å². The molecule has 4 aromatic carbocycles. The topological polar surface area (TPSA) is 0 Å². The van der Waals surface area contributed by atoms with Crippen LogP contribution >= 0.6 is 0 Å². The van der Waals surface area contributed by atoms with Crippen molar-refractivity contribution in [1.29, 1.82) is 0 Å². The molecule has 0 spiro atoms. The van der Waals surface area contributed by atoms with Gasteiger partial charge in [0, 0.05) is 11.1 Å². The number of fused-ring (bicyclic) bond motifs is 1. The van der Waals surface area contributed by atoms with Crippen molar-refractivity contribution in [3.05, 3.63) is 129 Å². The summed E-state index contributed by atoms with van der Waals surface area (Å²) >= 11 is 0. The summed E-state index contributed by atoms with van der Waals surface area (Å²) in [7, 11) is 0. The molecule has 0 bridgehead atoms. The van der Waals surface area contributed by atoms with Gasteiger partial charge in [0.1, 0.15) is 23.3 Å². The highest BCUT2D eigenvalue weighted by Gasteiger charge is 2.11. The number of rotatable bonds is 3. The summed E-state index contributed by atoms with van der Waals surface area (Å²) in [4.78, 5) is 0. The van der Waals surface area contributed by atoms with Crippen molar-refractivity contribution >= 4 is 10.8 Å². The fourth-order valence-electron chi connectivity index (χ4n) is 3.66. The van der Waals surface area contributed by atoms with Gasteiger partial charge in [-0.3, -0.25) is 0 Å². The molecule has 0 saturated heterocycles. The molecule has 0 unspecified atom stereocenters. The van der Waals surface area contributed by atoms with E-state index in [-0.39, 0.29) is 5.56 Å². The zero-order valence-corrected chi connectivity index (χ0v) is 19.5. The summed E-state index contributed by atoms with van der Waals surface area (Å²) in [6, 6.07) is 10.8. The fraction of sp³-hybridized carbons (Fsp3) is 0.0968. The zero-order valence-electron chi connectivity index (χ0n) is 19.5. The number of hydrogen-bond acceptors (Lipinski definition) is 0. The molecule has 0 amide bonds. The van der Waals surface area contributed by atoms with Gasteiger partial charge in [-0.15, -0.1) is 0 Å². The normalized spacial score (nSPS) is 10.8. The molecular formula is C31H18F6. The van der Waals surface area contributed by atoms with Gasteiger partial charge in [0.25, 0.3) is 0 Å². The number of benzene rings is 4. The Hall–Kier alpha value is -4.42. The molecule has 0 aliphatic heterocycles. The Kier molecular flexibility index (Phi) is 7.70. The maximum Gasteiger partial charge on any atom is 0.159 e. The summed E-state index contributed by atoms with van der Waals surface area (Å²) in [5, 5.41) is 0.823. The minimum absolute atomic E-state index is 0.125. The van der Waals surface area contributed by atoms with Gasteiger partial charge in [0.15, 0.2) is 11.6 Å². The highest BCUT2D eigenvalue weighted by molar-refractivity contribution is 5.84. The minimum Gasteiger partial charge on any atom is -0.206 e. The van der Waals surface area contributed by atoms with Gasteiger partial charge < -0.3 is 0 Å². The van der Waals surface area contributed by atoms with Crippen LogP contribution in [-0.4, -0.2) is 0 Å². The SMILES string of the molecule is C/C=C/CCc1cc(F)c(C#Cc2cc(F)c(C#Cc3ccc4cc(F)c(F)cc4c3)c(F)c2)c(F)c1. The first kappa shape index (κ1) is 25.7. The second-order valence-electron chi connectivity index (χ2n) is 8.19. The average molecular weight is 504 g/mol. The van der Waals surface area contributed by atoms with Crippen LogP contribution in [0.1, 0.15) is 41.2 Å². The van der Waals surface area contributed by atoms with Crippen LogP contribution in [-0.2, 0) is 6.42 Å². The Morgan fingerprint density at radius 3 is 1.70 bits per heavy atom. The predicted octanol–water partition coefficient (Wildman–Crippen LogP) is 7.98. The maximum atomic E-state index is 14.6. The molecule has 0 fully saturated rings. The largest absolute Gasteiger partial charge is 0.206 e. The van der Waals surface area contributed by atoms with Gasteiger partial charge in [-0.2, -0.15) is 0 Å². The van der Waals surface area contributed by atoms with Crippen molar-refractivity contribution in [1.82, 2.24) is 0 Å². The Morgan fingerprint density at radius 2 is 1.11 bits per heavy atom. The first-order chi connectivity index (χ1) is 17.7. The van der Waals surface area contributed by atoms with Crippen molar-refractivity contribution in [3.63, 3.8) is 0 Å². The van der Waals surface area contributed by atoms with E-state index in [1.165, 1.54) is 30.3 Å². The first-order valence-corrected chi connectivity index (χ1v) is 11.3. The monoisotopic (exact) mass is 504 g/mol. The summed E-state index contributed by atoms with van der Waals surface area (Å²) in [5.74, 6) is 3.96. The van der Waals surface area contributed by atoms with Crippen LogP contribution in [0.3, 0.4) is 0 Å². The Morgan fingerprint density at radius 1 is 0.568 bits per heavy atom. The predicted molar refractivity (Wildman–Crippen MR) is 132 cm³/mol. The molecule has 0 radical (unpaired) electrons.